The molecule has 0 radical (unpaired) electrons. The van der Waals surface area contributed by atoms with Crippen LogP contribution in [0.25, 0.3) is 0 Å². The van der Waals surface area contributed by atoms with Crippen molar-refractivity contribution in [1.29, 1.82) is 0 Å². The monoisotopic (exact) mass is 236 g/mol. The fourth-order valence-corrected chi connectivity index (χ4v) is 4.31. The molecule has 0 aromatic heterocycles. The van der Waals surface area contributed by atoms with Crippen molar-refractivity contribution < 1.29 is 0 Å². The molecule has 3 aliphatic rings. The Bertz CT molecular complexity index is 253. The smallest absolute Gasteiger partial charge is 0.0249 e. The second-order valence-corrected chi connectivity index (χ2v) is 6.69. The molecule has 4 atom stereocenters. The van der Waals surface area contributed by atoms with Gasteiger partial charge in [-0.05, 0) is 57.0 Å². The van der Waals surface area contributed by atoms with Gasteiger partial charge in [-0.1, -0.05) is 19.8 Å². The molecular weight excluding hydrogens is 208 g/mol. The molecule has 98 valence electrons. The lowest BCUT2D eigenvalue weighted by Gasteiger charge is -2.33. The second kappa shape index (κ2) is 5.27. The molecule has 17 heavy (non-hydrogen) atoms. The van der Waals surface area contributed by atoms with E-state index < -0.39 is 0 Å². The van der Waals surface area contributed by atoms with Crippen molar-refractivity contribution in [2.24, 2.45) is 11.8 Å². The average Bonchev–Trinajstić information content (AvgIpc) is 2.93. The molecule has 4 unspecified atom stereocenters. The third kappa shape index (κ3) is 2.68. The summed E-state index contributed by atoms with van der Waals surface area (Å²) in [6, 6.07) is 1.69. The van der Waals surface area contributed by atoms with E-state index in [1.54, 1.807) is 0 Å². The number of nitrogens with zero attached hydrogens (tertiary/aromatic N) is 1. The van der Waals surface area contributed by atoms with Gasteiger partial charge in [-0.25, -0.2) is 0 Å². The van der Waals surface area contributed by atoms with E-state index in [2.05, 4.69) is 17.1 Å². The Balaban J connectivity index is 1.45. The van der Waals surface area contributed by atoms with E-state index in [9.17, 15) is 0 Å². The van der Waals surface area contributed by atoms with Crippen LogP contribution in [0, 0.1) is 11.8 Å². The summed E-state index contributed by atoms with van der Waals surface area (Å²) in [6.07, 6.45) is 10.1. The molecule has 2 nitrogen and oxygen atoms in total. The van der Waals surface area contributed by atoms with E-state index >= 15 is 0 Å². The summed E-state index contributed by atoms with van der Waals surface area (Å²) in [6.45, 7) is 6.42. The second-order valence-electron chi connectivity index (χ2n) is 6.69. The van der Waals surface area contributed by atoms with Crippen molar-refractivity contribution in [2.75, 3.05) is 19.6 Å². The van der Waals surface area contributed by atoms with E-state index in [4.69, 9.17) is 0 Å². The zero-order valence-corrected chi connectivity index (χ0v) is 11.3. The number of hydrogen-bond acceptors (Lipinski definition) is 2. The first-order chi connectivity index (χ1) is 8.33. The summed E-state index contributed by atoms with van der Waals surface area (Å²) in [7, 11) is 0. The summed E-state index contributed by atoms with van der Waals surface area (Å²) >= 11 is 0. The minimum absolute atomic E-state index is 0.811. The minimum Gasteiger partial charge on any atom is -0.312 e. The molecule has 2 saturated heterocycles. The van der Waals surface area contributed by atoms with Crippen LogP contribution < -0.4 is 5.32 Å². The van der Waals surface area contributed by atoms with Gasteiger partial charge in [-0.15, -0.1) is 0 Å². The topological polar surface area (TPSA) is 15.3 Å². The fourth-order valence-electron chi connectivity index (χ4n) is 4.31. The lowest BCUT2D eigenvalue weighted by atomic mass is 9.98. The lowest BCUT2D eigenvalue weighted by molar-refractivity contribution is 0.179. The van der Waals surface area contributed by atoms with Gasteiger partial charge >= 0.3 is 0 Å². The van der Waals surface area contributed by atoms with Crippen molar-refractivity contribution in [3.05, 3.63) is 0 Å². The molecule has 3 rings (SSSR count). The summed E-state index contributed by atoms with van der Waals surface area (Å²) in [5.74, 6) is 1.96. The standard InChI is InChI=1S/C15H28N2/c1-12-5-6-13(10-12)11-16-14-7-9-17-8-3-2-4-15(14)17/h12-16H,2-11H2,1H3. The van der Waals surface area contributed by atoms with Crippen LogP contribution >= 0.6 is 0 Å². The first-order valence-electron chi connectivity index (χ1n) is 7.80. The number of fused-ring (bicyclic) bond motifs is 1. The van der Waals surface area contributed by atoms with Crippen LogP contribution in [0.2, 0.25) is 0 Å². The quantitative estimate of drug-likeness (QED) is 0.810. The van der Waals surface area contributed by atoms with Gasteiger partial charge in [0.1, 0.15) is 0 Å². The van der Waals surface area contributed by atoms with Crippen molar-refractivity contribution in [1.82, 2.24) is 10.2 Å². The maximum atomic E-state index is 3.90. The number of nitrogens with one attached hydrogen (secondary N) is 1. The highest BCUT2D eigenvalue weighted by Gasteiger charge is 2.35. The van der Waals surface area contributed by atoms with Crippen molar-refractivity contribution >= 4 is 0 Å². The number of piperidine rings is 1. The predicted octanol–water partition coefficient (Wildman–Crippen LogP) is 2.64. The van der Waals surface area contributed by atoms with E-state index in [-0.39, 0.29) is 0 Å². The lowest BCUT2D eigenvalue weighted by Crippen LogP contribution is -2.45. The summed E-state index contributed by atoms with van der Waals surface area (Å²) < 4.78 is 0. The molecule has 0 aromatic carbocycles. The van der Waals surface area contributed by atoms with Gasteiger partial charge in [0.2, 0.25) is 0 Å². The first-order valence-corrected chi connectivity index (χ1v) is 7.80. The predicted molar refractivity (Wildman–Crippen MR) is 72.1 cm³/mol. The Morgan fingerprint density at radius 3 is 2.82 bits per heavy atom. The summed E-state index contributed by atoms with van der Waals surface area (Å²) in [4.78, 5) is 2.73. The van der Waals surface area contributed by atoms with Gasteiger partial charge in [0, 0.05) is 18.6 Å². The Morgan fingerprint density at radius 1 is 1.06 bits per heavy atom. The third-order valence-corrected chi connectivity index (χ3v) is 5.33. The van der Waals surface area contributed by atoms with Crippen molar-refractivity contribution in [3.63, 3.8) is 0 Å². The molecule has 1 N–H and O–H groups in total. The SMILES string of the molecule is CC1CCC(CNC2CCN3CCCCC23)C1. The van der Waals surface area contributed by atoms with Gasteiger partial charge in [0.25, 0.3) is 0 Å². The van der Waals surface area contributed by atoms with Crippen LogP contribution in [0.15, 0.2) is 0 Å². The van der Waals surface area contributed by atoms with Crippen LogP contribution in [0.4, 0.5) is 0 Å². The molecule has 2 aliphatic heterocycles. The van der Waals surface area contributed by atoms with Crippen LogP contribution in [0.5, 0.6) is 0 Å². The molecule has 0 spiro atoms. The number of rotatable bonds is 3. The Hall–Kier alpha value is -0.0800. The normalized spacial score (nSPS) is 42.9. The van der Waals surface area contributed by atoms with Crippen LogP contribution in [0.3, 0.4) is 0 Å². The molecule has 2 heteroatoms. The van der Waals surface area contributed by atoms with Gasteiger partial charge in [-0.2, -0.15) is 0 Å². The molecule has 0 bridgehead atoms. The fraction of sp³-hybridized carbons (Fsp3) is 1.00. The first kappa shape index (κ1) is 12.0. The van der Waals surface area contributed by atoms with Gasteiger partial charge in [0.15, 0.2) is 0 Å². The highest BCUT2D eigenvalue weighted by molar-refractivity contribution is 4.94. The van der Waals surface area contributed by atoms with E-state index in [0.29, 0.717) is 0 Å². The largest absolute Gasteiger partial charge is 0.312 e. The maximum absolute atomic E-state index is 3.90. The van der Waals surface area contributed by atoms with Gasteiger partial charge < -0.3 is 5.32 Å². The molecule has 0 amide bonds. The van der Waals surface area contributed by atoms with E-state index in [0.717, 1.165) is 23.9 Å². The van der Waals surface area contributed by atoms with E-state index in [1.165, 1.54) is 64.6 Å². The third-order valence-electron chi connectivity index (χ3n) is 5.33. The average molecular weight is 236 g/mol. The molecular formula is C15H28N2. The van der Waals surface area contributed by atoms with Crippen LogP contribution in [-0.2, 0) is 0 Å². The van der Waals surface area contributed by atoms with Gasteiger partial charge in [0.05, 0.1) is 0 Å². The van der Waals surface area contributed by atoms with Crippen molar-refractivity contribution in [3.8, 4) is 0 Å². The molecule has 1 aliphatic carbocycles. The molecule has 0 aromatic rings. The highest BCUT2D eigenvalue weighted by Crippen LogP contribution is 2.31. The summed E-state index contributed by atoms with van der Waals surface area (Å²) in [5.41, 5.74) is 0. The highest BCUT2D eigenvalue weighted by atomic mass is 15.2. The zero-order valence-electron chi connectivity index (χ0n) is 11.3. The summed E-state index contributed by atoms with van der Waals surface area (Å²) in [5, 5.41) is 3.90. The maximum Gasteiger partial charge on any atom is 0.0249 e. The number of hydrogen-bond donors (Lipinski definition) is 1. The Morgan fingerprint density at radius 2 is 2.00 bits per heavy atom. The van der Waals surface area contributed by atoms with Gasteiger partial charge in [-0.3, -0.25) is 4.90 Å². The molecule has 2 heterocycles. The van der Waals surface area contributed by atoms with Crippen LogP contribution in [-0.4, -0.2) is 36.6 Å². The zero-order chi connectivity index (χ0) is 11.7. The Kier molecular flexibility index (Phi) is 3.72. The van der Waals surface area contributed by atoms with E-state index in [1.807, 2.05) is 0 Å². The van der Waals surface area contributed by atoms with Crippen molar-refractivity contribution in [2.45, 2.75) is 64.0 Å². The molecule has 3 fully saturated rings. The molecule has 1 saturated carbocycles. The Labute approximate surface area is 106 Å². The minimum atomic E-state index is 0.811. The van der Waals surface area contributed by atoms with Crippen LogP contribution in [0.1, 0.15) is 51.9 Å².